The summed E-state index contributed by atoms with van der Waals surface area (Å²) in [5.41, 5.74) is 5.66. The zero-order chi connectivity index (χ0) is 8.01. The van der Waals surface area contributed by atoms with Crippen molar-refractivity contribution in [1.29, 1.82) is 0 Å². The van der Waals surface area contributed by atoms with E-state index in [-0.39, 0.29) is 12.1 Å². The van der Waals surface area contributed by atoms with Gasteiger partial charge in [0.2, 0.25) is 0 Å². The Labute approximate surface area is 66.5 Å². The lowest BCUT2D eigenvalue weighted by Crippen LogP contribution is -2.53. The quantitative estimate of drug-likeness (QED) is 0.557. The van der Waals surface area contributed by atoms with Crippen LogP contribution in [-0.2, 0) is 0 Å². The highest BCUT2D eigenvalue weighted by Gasteiger charge is 2.44. The number of hydrogen-bond donors (Lipinski definition) is 1. The molecule has 2 N–H and O–H groups in total. The van der Waals surface area contributed by atoms with Crippen molar-refractivity contribution in [3.05, 3.63) is 0 Å². The van der Waals surface area contributed by atoms with Gasteiger partial charge in [-0.2, -0.15) is 0 Å². The molecule has 2 saturated heterocycles. The van der Waals surface area contributed by atoms with Gasteiger partial charge in [-0.05, 0) is 26.3 Å². The third-order valence-electron chi connectivity index (χ3n) is 3.22. The van der Waals surface area contributed by atoms with Gasteiger partial charge in [-0.3, -0.25) is 4.90 Å². The Morgan fingerprint density at radius 3 is 2.91 bits per heavy atom. The van der Waals surface area contributed by atoms with Crippen LogP contribution in [0, 0.1) is 0 Å². The van der Waals surface area contributed by atoms with E-state index in [0.29, 0.717) is 6.04 Å². The molecule has 11 heavy (non-hydrogen) atoms. The SMILES string of the molecule is CN1[C@H]2CC[C@@H]1[C@@H](F)[C@H](N)C2. The van der Waals surface area contributed by atoms with Crippen molar-refractivity contribution in [2.45, 2.75) is 43.6 Å². The minimum Gasteiger partial charge on any atom is -0.325 e. The average molecular weight is 158 g/mol. The van der Waals surface area contributed by atoms with Crippen LogP contribution in [0.15, 0.2) is 0 Å². The van der Waals surface area contributed by atoms with E-state index in [4.69, 9.17) is 5.73 Å². The second-order valence-electron chi connectivity index (χ2n) is 3.81. The summed E-state index contributed by atoms with van der Waals surface area (Å²) in [6.07, 6.45) is 2.18. The van der Waals surface area contributed by atoms with Crippen molar-refractivity contribution >= 4 is 0 Å². The molecule has 0 aromatic rings. The Kier molecular flexibility index (Phi) is 1.65. The van der Waals surface area contributed by atoms with E-state index in [2.05, 4.69) is 4.90 Å². The number of fused-ring (bicyclic) bond motifs is 2. The lowest BCUT2D eigenvalue weighted by atomic mass is 9.97. The van der Waals surface area contributed by atoms with Crippen molar-refractivity contribution in [1.82, 2.24) is 4.90 Å². The molecular formula is C8H15FN2. The molecule has 0 aliphatic carbocycles. The first-order chi connectivity index (χ1) is 5.20. The highest BCUT2D eigenvalue weighted by Crippen LogP contribution is 2.35. The third kappa shape index (κ3) is 0.983. The summed E-state index contributed by atoms with van der Waals surface area (Å²) in [5.74, 6) is 0. The van der Waals surface area contributed by atoms with Crippen LogP contribution < -0.4 is 5.73 Å². The third-order valence-corrected chi connectivity index (χ3v) is 3.22. The first-order valence-electron chi connectivity index (χ1n) is 4.31. The molecule has 0 radical (unpaired) electrons. The minimum absolute atomic E-state index is 0.115. The van der Waals surface area contributed by atoms with Gasteiger partial charge < -0.3 is 5.73 Å². The second kappa shape index (κ2) is 2.42. The van der Waals surface area contributed by atoms with Gasteiger partial charge >= 0.3 is 0 Å². The van der Waals surface area contributed by atoms with Crippen molar-refractivity contribution in [3.63, 3.8) is 0 Å². The summed E-state index contributed by atoms with van der Waals surface area (Å²) >= 11 is 0. The number of nitrogens with zero attached hydrogens (tertiary/aromatic N) is 1. The first kappa shape index (κ1) is 7.50. The molecule has 2 fully saturated rings. The van der Waals surface area contributed by atoms with Gasteiger partial charge in [-0.15, -0.1) is 0 Å². The molecule has 3 heteroatoms. The molecule has 64 valence electrons. The summed E-state index contributed by atoms with van der Waals surface area (Å²) in [7, 11) is 2.01. The molecule has 0 saturated carbocycles. The van der Waals surface area contributed by atoms with Crippen molar-refractivity contribution < 1.29 is 4.39 Å². The smallest absolute Gasteiger partial charge is 0.131 e. The standard InChI is InChI=1S/C8H15FN2/c1-11-5-2-3-7(11)8(9)6(10)4-5/h5-8H,2-4,10H2,1H3/t5-,6+,7+,8-/m0/s1. The highest BCUT2D eigenvalue weighted by molar-refractivity contribution is 5.00. The highest BCUT2D eigenvalue weighted by atomic mass is 19.1. The van der Waals surface area contributed by atoms with Crippen LogP contribution in [0.2, 0.25) is 0 Å². The molecule has 2 heterocycles. The fourth-order valence-corrected chi connectivity index (χ4v) is 2.44. The van der Waals surface area contributed by atoms with Crippen molar-refractivity contribution in [2.24, 2.45) is 5.73 Å². The summed E-state index contributed by atoms with van der Waals surface area (Å²) in [4.78, 5) is 2.16. The number of halogens is 1. The van der Waals surface area contributed by atoms with E-state index in [1.54, 1.807) is 0 Å². The summed E-state index contributed by atoms with van der Waals surface area (Å²) in [5, 5.41) is 0. The Morgan fingerprint density at radius 2 is 2.18 bits per heavy atom. The molecule has 0 amide bonds. The number of piperidine rings is 1. The van der Waals surface area contributed by atoms with Crippen LogP contribution in [0.1, 0.15) is 19.3 Å². The van der Waals surface area contributed by atoms with Gasteiger partial charge in [-0.1, -0.05) is 0 Å². The summed E-state index contributed by atoms with van der Waals surface area (Å²) in [6.45, 7) is 0. The number of nitrogens with two attached hydrogens (primary N) is 1. The predicted octanol–water partition coefficient (Wildman–Crippen LogP) is 0.518. The maximum absolute atomic E-state index is 13.4. The van der Waals surface area contributed by atoms with E-state index < -0.39 is 6.17 Å². The molecule has 0 aromatic heterocycles. The molecule has 2 bridgehead atoms. The number of alkyl halides is 1. The molecule has 2 aliphatic rings. The maximum atomic E-state index is 13.4. The van der Waals surface area contributed by atoms with E-state index >= 15 is 0 Å². The van der Waals surface area contributed by atoms with Gasteiger partial charge in [0.25, 0.3) is 0 Å². The normalized spacial score (nSPS) is 51.5. The van der Waals surface area contributed by atoms with Gasteiger partial charge in [0, 0.05) is 18.1 Å². The molecule has 0 spiro atoms. The maximum Gasteiger partial charge on any atom is 0.131 e. The fraction of sp³-hybridized carbons (Fsp3) is 1.00. The van der Waals surface area contributed by atoms with Crippen LogP contribution in [-0.4, -0.2) is 36.2 Å². The Hall–Kier alpha value is -0.150. The number of rotatable bonds is 0. The summed E-state index contributed by atoms with van der Waals surface area (Å²) in [6, 6.07) is 0.467. The monoisotopic (exact) mass is 158 g/mol. The second-order valence-corrected chi connectivity index (χ2v) is 3.81. The van der Waals surface area contributed by atoms with Gasteiger partial charge in [0.1, 0.15) is 6.17 Å². The largest absolute Gasteiger partial charge is 0.325 e. The molecule has 2 nitrogen and oxygen atoms in total. The van der Waals surface area contributed by atoms with E-state index in [1.165, 1.54) is 0 Å². The van der Waals surface area contributed by atoms with Gasteiger partial charge in [0.05, 0.1) is 0 Å². The van der Waals surface area contributed by atoms with Crippen LogP contribution in [0.25, 0.3) is 0 Å². The van der Waals surface area contributed by atoms with Crippen LogP contribution in [0.3, 0.4) is 0 Å². The van der Waals surface area contributed by atoms with E-state index in [0.717, 1.165) is 19.3 Å². The van der Waals surface area contributed by atoms with E-state index in [9.17, 15) is 4.39 Å². The molecule has 0 unspecified atom stereocenters. The van der Waals surface area contributed by atoms with Gasteiger partial charge in [-0.25, -0.2) is 4.39 Å². The molecule has 2 aliphatic heterocycles. The van der Waals surface area contributed by atoms with Crippen LogP contribution in [0.4, 0.5) is 4.39 Å². The van der Waals surface area contributed by atoms with Crippen molar-refractivity contribution in [2.75, 3.05) is 7.05 Å². The zero-order valence-electron chi connectivity index (χ0n) is 6.83. The Morgan fingerprint density at radius 1 is 1.45 bits per heavy atom. The van der Waals surface area contributed by atoms with Crippen LogP contribution >= 0.6 is 0 Å². The molecular weight excluding hydrogens is 143 g/mol. The predicted molar refractivity (Wildman–Crippen MR) is 42.1 cm³/mol. The lowest BCUT2D eigenvalue weighted by molar-refractivity contribution is 0.0721. The Bertz CT molecular complexity index is 162. The van der Waals surface area contributed by atoms with Crippen LogP contribution in [0.5, 0.6) is 0 Å². The molecule has 0 aromatic carbocycles. The topological polar surface area (TPSA) is 29.3 Å². The summed E-state index contributed by atoms with van der Waals surface area (Å²) < 4.78 is 13.4. The molecule has 2 rings (SSSR count). The van der Waals surface area contributed by atoms with Crippen molar-refractivity contribution in [3.8, 4) is 0 Å². The number of hydrogen-bond acceptors (Lipinski definition) is 2. The fourth-order valence-electron chi connectivity index (χ4n) is 2.44. The van der Waals surface area contributed by atoms with Gasteiger partial charge in [0.15, 0.2) is 0 Å². The zero-order valence-corrected chi connectivity index (χ0v) is 6.83. The average Bonchev–Trinajstić information content (AvgIpc) is 2.23. The molecule has 4 atom stereocenters. The van der Waals surface area contributed by atoms with E-state index in [1.807, 2.05) is 7.05 Å². The lowest BCUT2D eigenvalue weighted by Gasteiger charge is -2.37. The first-order valence-corrected chi connectivity index (χ1v) is 4.31. The minimum atomic E-state index is -0.793. The Balaban J connectivity index is 2.16.